The summed E-state index contributed by atoms with van der Waals surface area (Å²) >= 11 is 1.55. The van der Waals surface area contributed by atoms with Crippen LogP contribution in [0.25, 0.3) is 11.6 Å². The third-order valence-electron chi connectivity index (χ3n) is 5.27. The molecule has 0 spiro atoms. The van der Waals surface area contributed by atoms with E-state index in [1.165, 1.54) is 11.2 Å². The number of aryl methyl sites for hydroxylation is 1. The van der Waals surface area contributed by atoms with Gasteiger partial charge in [0.15, 0.2) is 5.76 Å². The number of hydrogen-bond donors (Lipinski definition) is 1. The minimum atomic E-state index is -0.244. The van der Waals surface area contributed by atoms with Gasteiger partial charge in [-0.1, -0.05) is 25.3 Å². The average Bonchev–Trinajstić information content (AvgIpc) is 3.50. The third kappa shape index (κ3) is 5.78. The van der Waals surface area contributed by atoms with Gasteiger partial charge in [0.05, 0.1) is 13.1 Å². The van der Waals surface area contributed by atoms with E-state index in [1.54, 1.807) is 22.3 Å². The summed E-state index contributed by atoms with van der Waals surface area (Å²) in [5.74, 6) is 1.19. The van der Waals surface area contributed by atoms with Crippen LogP contribution in [0.15, 0.2) is 34.1 Å². The lowest BCUT2D eigenvalue weighted by Crippen LogP contribution is -2.45. The Kier molecular flexibility index (Phi) is 6.76. The lowest BCUT2D eigenvalue weighted by molar-refractivity contribution is -0.137. The van der Waals surface area contributed by atoms with Gasteiger partial charge in [0.2, 0.25) is 17.6 Å². The average molecular weight is 443 g/mol. The van der Waals surface area contributed by atoms with Crippen molar-refractivity contribution in [2.45, 2.75) is 58.2 Å². The van der Waals surface area contributed by atoms with Crippen LogP contribution >= 0.6 is 11.3 Å². The van der Waals surface area contributed by atoms with Crippen LogP contribution in [0.5, 0.6) is 0 Å². The predicted molar refractivity (Wildman–Crippen MR) is 115 cm³/mol. The summed E-state index contributed by atoms with van der Waals surface area (Å²) in [5, 5.41) is 17.2. The Hall–Kier alpha value is -3.01. The number of rotatable bonds is 8. The molecule has 164 valence electrons. The zero-order valence-electron chi connectivity index (χ0n) is 17.5. The monoisotopic (exact) mass is 442 g/mol. The van der Waals surface area contributed by atoms with Gasteiger partial charge < -0.3 is 14.6 Å². The van der Waals surface area contributed by atoms with Gasteiger partial charge in [-0.15, -0.1) is 21.5 Å². The van der Waals surface area contributed by atoms with Gasteiger partial charge in [-0.2, -0.15) is 4.80 Å². The first kappa shape index (κ1) is 21.2. The maximum absolute atomic E-state index is 13.0. The van der Waals surface area contributed by atoms with E-state index in [0.29, 0.717) is 18.1 Å². The number of hydrogen-bond acceptors (Lipinski definition) is 7. The van der Waals surface area contributed by atoms with Gasteiger partial charge in [0, 0.05) is 10.9 Å². The number of carbonyl (C=O) groups is 2. The molecule has 0 aromatic carbocycles. The maximum Gasteiger partial charge on any atom is 0.247 e. The van der Waals surface area contributed by atoms with Crippen molar-refractivity contribution < 1.29 is 14.0 Å². The lowest BCUT2D eigenvalue weighted by Gasteiger charge is -2.26. The second-order valence-corrected chi connectivity index (χ2v) is 8.82. The van der Waals surface area contributed by atoms with Crippen molar-refractivity contribution in [3.05, 3.63) is 40.3 Å². The fourth-order valence-electron chi connectivity index (χ4n) is 3.70. The van der Waals surface area contributed by atoms with E-state index in [1.807, 2.05) is 30.5 Å². The van der Waals surface area contributed by atoms with Crippen molar-refractivity contribution in [3.8, 4) is 11.6 Å². The summed E-state index contributed by atoms with van der Waals surface area (Å²) in [6.07, 6.45) is 5.50. The van der Waals surface area contributed by atoms with E-state index in [4.69, 9.17) is 4.42 Å². The van der Waals surface area contributed by atoms with Crippen molar-refractivity contribution >= 4 is 23.2 Å². The highest BCUT2D eigenvalue weighted by atomic mass is 32.1. The molecule has 3 aromatic heterocycles. The molecule has 3 aromatic rings. The Labute approximate surface area is 184 Å². The smallest absolute Gasteiger partial charge is 0.247 e. The predicted octanol–water partition coefficient (Wildman–Crippen LogP) is 2.78. The van der Waals surface area contributed by atoms with Gasteiger partial charge in [-0.05, 0) is 48.6 Å². The van der Waals surface area contributed by atoms with E-state index >= 15 is 0 Å². The van der Waals surface area contributed by atoms with Crippen LogP contribution in [0.1, 0.15) is 42.7 Å². The fourth-order valence-corrected chi connectivity index (χ4v) is 4.42. The van der Waals surface area contributed by atoms with Crippen LogP contribution in [0.3, 0.4) is 0 Å². The maximum atomic E-state index is 13.0. The molecule has 0 unspecified atom stereocenters. The van der Waals surface area contributed by atoms with Crippen molar-refractivity contribution in [2.24, 2.45) is 0 Å². The minimum absolute atomic E-state index is 0.00612. The Morgan fingerprint density at radius 3 is 2.81 bits per heavy atom. The summed E-state index contributed by atoms with van der Waals surface area (Å²) in [6.45, 7) is 2.10. The van der Waals surface area contributed by atoms with Crippen LogP contribution in [0, 0.1) is 6.92 Å². The first-order valence-corrected chi connectivity index (χ1v) is 11.4. The summed E-state index contributed by atoms with van der Waals surface area (Å²) < 4.78 is 5.50. The molecule has 9 nitrogen and oxygen atoms in total. The van der Waals surface area contributed by atoms with Crippen molar-refractivity contribution in [1.82, 2.24) is 30.4 Å². The number of thiophene rings is 1. The van der Waals surface area contributed by atoms with Gasteiger partial charge in [0.1, 0.15) is 12.3 Å². The molecule has 1 saturated carbocycles. The molecular formula is C21H26N6O3S. The largest absolute Gasteiger partial charge is 0.458 e. The summed E-state index contributed by atoms with van der Waals surface area (Å²) in [5.41, 5.74) is 0. The number of tetrazole rings is 1. The van der Waals surface area contributed by atoms with Gasteiger partial charge in [-0.3, -0.25) is 9.59 Å². The highest BCUT2D eigenvalue weighted by Crippen LogP contribution is 2.18. The number of furan rings is 1. The number of carbonyl (C=O) groups excluding carboxylic acids is 2. The number of nitrogens with zero attached hydrogens (tertiary/aromatic N) is 5. The van der Waals surface area contributed by atoms with Crippen LogP contribution in [0.4, 0.5) is 0 Å². The third-order valence-corrected chi connectivity index (χ3v) is 6.14. The molecule has 0 radical (unpaired) electrons. The first-order chi connectivity index (χ1) is 15.1. The summed E-state index contributed by atoms with van der Waals surface area (Å²) in [7, 11) is 0. The summed E-state index contributed by atoms with van der Waals surface area (Å²) in [6, 6.07) is 7.67. The topological polar surface area (TPSA) is 106 Å². The molecule has 4 rings (SSSR count). The normalized spacial score (nSPS) is 14.5. The number of aromatic nitrogens is 4. The van der Waals surface area contributed by atoms with Gasteiger partial charge >= 0.3 is 0 Å². The van der Waals surface area contributed by atoms with Crippen LogP contribution in [-0.4, -0.2) is 49.5 Å². The fraction of sp³-hybridized carbons (Fsp3) is 0.476. The quantitative estimate of drug-likeness (QED) is 0.575. The standard InChI is InChI=1S/C21H26N6O3S/c1-15-9-10-18(30-15)21-23-25-27(24-21)14-20(29)26(12-17-8-5-11-31-17)13-19(28)22-16-6-3-2-4-7-16/h5,8-11,16H,2-4,6-7,12-14H2,1H3,(H,22,28). The van der Waals surface area contributed by atoms with Crippen LogP contribution in [0.2, 0.25) is 0 Å². The zero-order valence-corrected chi connectivity index (χ0v) is 18.3. The minimum Gasteiger partial charge on any atom is -0.458 e. The summed E-state index contributed by atoms with van der Waals surface area (Å²) in [4.78, 5) is 29.4. The van der Waals surface area contributed by atoms with Crippen LogP contribution in [-0.2, 0) is 22.7 Å². The number of nitrogens with one attached hydrogen (secondary N) is 1. The molecule has 1 aliphatic rings. The second kappa shape index (κ2) is 9.86. The van der Waals surface area contributed by atoms with E-state index in [2.05, 4.69) is 20.7 Å². The molecule has 1 aliphatic carbocycles. The molecule has 1 fully saturated rings. The second-order valence-electron chi connectivity index (χ2n) is 7.79. The number of amides is 2. The zero-order chi connectivity index (χ0) is 21.6. The van der Waals surface area contributed by atoms with E-state index in [-0.39, 0.29) is 30.9 Å². The van der Waals surface area contributed by atoms with Crippen LogP contribution < -0.4 is 5.32 Å². The molecule has 0 bridgehead atoms. The van der Waals surface area contributed by atoms with Gasteiger partial charge in [0.25, 0.3) is 0 Å². The Morgan fingerprint density at radius 2 is 2.10 bits per heavy atom. The molecule has 0 atom stereocenters. The molecule has 3 heterocycles. The molecule has 10 heteroatoms. The molecule has 0 aliphatic heterocycles. The van der Waals surface area contributed by atoms with Crippen molar-refractivity contribution in [3.63, 3.8) is 0 Å². The Balaban J connectivity index is 1.41. The SMILES string of the molecule is Cc1ccc(-c2nnn(CC(=O)N(CC(=O)NC3CCCCC3)Cc3cccs3)n2)o1. The van der Waals surface area contributed by atoms with Crippen molar-refractivity contribution in [2.75, 3.05) is 6.54 Å². The lowest BCUT2D eigenvalue weighted by atomic mass is 9.95. The molecular weight excluding hydrogens is 416 g/mol. The van der Waals surface area contributed by atoms with Gasteiger partial charge in [-0.25, -0.2) is 0 Å². The Bertz CT molecular complexity index is 1010. The van der Waals surface area contributed by atoms with Crippen molar-refractivity contribution in [1.29, 1.82) is 0 Å². The molecule has 0 saturated heterocycles. The first-order valence-electron chi connectivity index (χ1n) is 10.5. The van der Waals surface area contributed by atoms with E-state index < -0.39 is 0 Å². The van der Waals surface area contributed by atoms with E-state index in [9.17, 15) is 9.59 Å². The molecule has 1 N–H and O–H groups in total. The highest BCUT2D eigenvalue weighted by Gasteiger charge is 2.22. The Morgan fingerprint density at radius 1 is 1.26 bits per heavy atom. The molecule has 2 amide bonds. The molecule has 31 heavy (non-hydrogen) atoms. The van der Waals surface area contributed by atoms with E-state index in [0.717, 1.165) is 36.3 Å². The highest BCUT2D eigenvalue weighted by molar-refractivity contribution is 7.09.